The summed E-state index contributed by atoms with van der Waals surface area (Å²) in [5.74, 6) is -0.168. The Bertz CT molecular complexity index is 810. The number of hydrogen-bond acceptors (Lipinski definition) is 6. The molecule has 0 bridgehead atoms. The number of nitrogens with one attached hydrogen (secondary N) is 2. The first-order valence-electron chi connectivity index (χ1n) is 10.5. The van der Waals surface area contributed by atoms with E-state index in [4.69, 9.17) is 4.74 Å². The zero-order valence-corrected chi connectivity index (χ0v) is 20.5. The van der Waals surface area contributed by atoms with E-state index in [0.717, 1.165) is 12.0 Å². The molecule has 0 heterocycles. The number of methoxy groups -OCH3 is 1. The quantitative estimate of drug-likeness (QED) is 0.338. The van der Waals surface area contributed by atoms with E-state index >= 15 is 0 Å². The topological polar surface area (TPSA) is 125 Å². The molecule has 10 heteroatoms. The molecule has 0 spiro atoms. The number of ether oxygens (including phenoxy) is 1. The van der Waals surface area contributed by atoms with Gasteiger partial charge in [-0.2, -0.15) is 0 Å². The molecule has 1 aromatic rings. The number of likely N-dealkylation sites (N-methyl/N-ethyl adjacent to an activating group) is 1. The second kappa shape index (κ2) is 12.5. The lowest BCUT2D eigenvalue weighted by molar-refractivity contribution is -0.153. The third-order valence-corrected chi connectivity index (χ3v) is 7.12. The van der Waals surface area contributed by atoms with Gasteiger partial charge in [-0.3, -0.25) is 19.0 Å². The van der Waals surface area contributed by atoms with Crippen LogP contribution in [0.3, 0.4) is 0 Å². The van der Waals surface area contributed by atoms with E-state index in [2.05, 4.69) is 10.6 Å². The Hall–Kier alpha value is -2.46. The van der Waals surface area contributed by atoms with E-state index < -0.39 is 39.4 Å². The van der Waals surface area contributed by atoms with Crippen molar-refractivity contribution in [2.24, 2.45) is 5.92 Å². The highest BCUT2D eigenvalue weighted by Gasteiger charge is 2.42. The fourth-order valence-corrected chi connectivity index (χ4v) is 4.25. The lowest BCUT2D eigenvalue weighted by Crippen LogP contribution is -2.61. The standard InChI is InChI=1S/C22H35N3O6S/c1-15(2)8-7-9-18(26)25(29)21(28)24-19(20(27)23-5)22(3,4)32(30)14-16-10-12-17(31-6)13-11-16/h10-13,15,19,29H,7-9,14H2,1-6H3,(H,23,27)(H,24,28)/t19-,32?/m0/s1. The average Bonchev–Trinajstić information content (AvgIpc) is 2.76. The summed E-state index contributed by atoms with van der Waals surface area (Å²) in [6, 6.07) is 4.63. The minimum absolute atomic E-state index is 0.000462. The van der Waals surface area contributed by atoms with Crippen LogP contribution in [0.4, 0.5) is 4.79 Å². The smallest absolute Gasteiger partial charge is 0.349 e. The molecular weight excluding hydrogens is 434 g/mol. The van der Waals surface area contributed by atoms with E-state index in [9.17, 15) is 23.8 Å². The third kappa shape index (κ3) is 7.90. The molecule has 0 radical (unpaired) electrons. The fourth-order valence-electron chi connectivity index (χ4n) is 2.96. The Labute approximate surface area is 192 Å². The zero-order valence-electron chi connectivity index (χ0n) is 19.6. The SMILES string of the molecule is CNC(=O)[C@H](NC(=O)N(O)C(=O)CCCC(C)C)C(C)(C)S(=O)Cc1ccc(OC)cc1. The summed E-state index contributed by atoms with van der Waals surface area (Å²) in [5, 5.41) is 14.8. The highest BCUT2D eigenvalue weighted by molar-refractivity contribution is 7.85. The summed E-state index contributed by atoms with van der Waals surface area (Å²) >= 11 is 0. The molecule has 180 valence electrons. The predicted molar refractivity (Wildman–Crippen MR) is 123 cm³/mol. The third-order valence-electron chi connectivity index (χ3n) is 5.12. The molecule has 0 aliphatic rings. The predicted octanol–water partition coefficient (Wildman–Crippen LogP) is 2.59. The number of carbonyl (C=O) groups is 3. The van der Waals surface area contributed by atoms with Crippen LogP contribution in [0.25, 0.3) is 0 Å². The maximum absolute atomic E-state index is 13.1. The normalized spacial score (nSPS) is 13.2. The Balaban J connectivity index is 2.92. The molecule has 0 aromatic heterocycles. The van der Waals surface area contributed by atoms with Gasteiger partial charge in [0.15, 0.2) is 0 Å². The molecule has 3 N–H and O–H groups in total. The number of nitrogens with zero attached hydrogens (tertiary/aromatic N) is 1. The molecule has 4 amide bonds. The Kier molecular flexibility index (Phi) is 10.8. The number of amides is 4. The Morgan fingerprint density at radius 1 is 1.19 bits per heavy atom. The first kappa shape index (κ1) is 27.6. The first-order chi connectivity index (χ1) is 14.9. The molecule has 9 nitrogen and oxygen atoms in total. The second-order valence-corrected chi connectivity index (χ2v) is 10.5. The van der Waals surface area contributed by atoms with Gasteiger partial charge in [0.05, 0.1) is 11.9 Å². The number of hydrogen-bond donors (Lipinski definition) is 3. The number of imide groups is 1. The van der Waals surface area contributed by atoms with Gasteiger partial charge in [-0.25, -0.2) is 4.79 Å². The van der Waals surface area contributed by atoms with Crippen molar-refractivity contribution in [2.75, 3.05) is 14.2 Å². The summed E-state index contributed by atoms with van der Waals surface area (Å²) in [4.78, 5) is 37.1. The fraction of sp³-hybridized carbons (Fsp3) is 0.591. The van der Waals surface area contributed by atoms with Gasteiger partial charge in [0.25, 0.3) is 5.91 Å². The van der Waals surface area contributed by atoms with Crippen molar-refractivity contribution in [1.29, 1.82) is 0 Å². The molecule has 1 rings (SSSR count). The highest BCUT2D eigenvalue weighted by atomic mass is 32.2. The number of carbonyl (C=O) groups excluding carboxylic acids is 3. The molecular formula is C22H35N3O6S. The van der Waals surface area contributed by atoms with E-state index in [1.165, 1.54) is 7.05 Å². The monoisotopic (exact) mass is 469 g/mol. The van der Waals surface area contributed by atoms with Gasteiger partial charge in [-0.1, -0.05) is 32.4 Å². The van der Waals surface area contributed by atoms with Crippen LogP contribution in [0.15, 0.2) is 24.3 Å². The Morgan fingerprint density at radius 3 is 2.28 bits per heavy atom. The van der Waals surface area contributed by atoms with Crippen LogP contribution < -0.4 is 15.4 Å². The van der Waals surface area contributed by atoms with Gasteiger partial charge >= 0.3 is 6.03 Å². The average molecular weight is 470 g/mol. The molecule has 32 heavy (non-hydrogen) atoms. The van der Waals surface area contributed by atoms with Crippen LogP contribution in [0.5, 0.6) is 5.75 Å². The molecule has 0 fully saturated rings. The minimum Gasteiger partial charge on any atom is -0.497 e. The second-order valence-electron chi connectivity index (χ2n) is 8.43. The van der Waals surface area contributed by atoms with Gasteiger partial charge in [0.2, 0.25) is 5.91 Å². The summed E-state index contributed by atoms with van der Waals surface area (Å²) in [6.45, 7) is 7.18. The molecule has 1 unspecified atom stereocenters. The summed E-state index contributed by atoms with van der Waals surface area (Å²) in [7, 11) is 1.34. The maximum atomic E-state index is 13.1. The highest BCUT2D eigenvalue weighted by Crippen LogP contribution is 2.23. The largest absolute Gasteiger partial charge is 0.497 e. The molecule has 0 aliphatic carbocycles. The van der Waals surface area contributed by atoms with Crippen molar-refractivity contribution in [1.82, 2.24) is 15.7 Å². The van der Waals surface area contributed by atoms with Crippen LogP contribution in [-0.4, -0.2) is 57.3 Å². The van der Waals surface area contributed by atoms with Crippen LogP contribution in [0, 0.1) is 5.92 Å². The summed E-state index contributed by atoms with van der Waals surface area (Å²) in [6.07, 6.45) is 1.30. The zero-order chi connectivity index (χ0) is 24.5. The van der Waals surface area contributed by atoms with Gasteiger partial charge in [-0.05, 0) is 43.9 Å². The lowest BCUT2D eigenvalue weighted by atomic mass is 10.0. The van der Waals surface area contributed by atoms with E-state index in [1.807, 2.05) is 13.8 Å². The molecule has 1 aromatic carbocycles. The molecule has 2 atom stereocenters. The van der Waals surface area contributed by atoms with E-state index in [0.29, 0.717) is 18.1 Å². The van der Waals surface area contributed by atoms with Crippen LogP contribution in [-0.2, 0) is 26.1 Å². The van der Waals surface area contributed by atoms with Crippen LogP contribution in [0.2, 0.25) is 0 Å². The van der Waals surface area contributed by atoms with Gasteiger partial charge in [-0.15, -0.1) is 5.06 Å². The number of hydroxylamine groups is 2. The number of rotatable bonds is 11. The van der Waals surface area contributed by atoms with Crippen LogP contribution >= 0.6 is 0 Å². The lowest BCUT2D eigenvalue weighted by Gasteiger charge is -2.33. The van der Waals surface area contributed by atoms with Crippen molar-refractivity contribution >= 4 is 28.6 Å². The van der Waals surface area contributed by atoms with Gasteiger partial charge in [0.1, 0.15) is 11.8 Å². The minimum atomic E-state index is -1.59. The molecule has 0 saturated heterocycles. The number of benzene rings is 1. The van der Waals surface area contributed by atoms with E-state index in [1.54, 1.807) is 45.2 Å². The van der Waals surface area contributed by atoms with Crippen LogP contribution in [0.1, 0.15) is 52.5 Å². The van der Waals surface area contributed by atoms with Crippen molar-refractivity contribution in [3.8, 4) is 5.75 Å². The molecule has 0 aliphatic heterocycles. The van der Waals surface area contributed by atoms with Crippen molar-refractivity contribution in [3.63, 3.8) is 0 Å². The number of urea groups is 1. The van der Waals surface area contributed by atoms with Crippen molar-refractivity contribution in [3.05, 3.63) is 29.8 Å². The Morgan fingerprint density at radius 2 is 1.78 bits per heavy atom. The first-order valence-corrected chi connectivity index (χ1v) is 11.8. The van der Waals surface area contributed by atoms with Crippen molar-refractivity contribution < 1.29 is 28.5 Å². The summed E-state index contributed by atoms with van der Waals surface area (Å²) < 4.78 is 17.1. The molecule has 0 saturated carbocycles. The van der Waals surface area contributed by atoms with Crippen molar-refractivity contribution in [2.45, 2.75) is 63.5 Å². The van der Waals surface area contributed by atoms with E-state index in [-0.39, 0.29) is 17.2 Å². The van der Waals surface area contributed by atoms with Gasteiger partial charge in [0, 0.05) is 30.0 Å². The van der Waals surface area contributed by atoms with Gasteiger partial charge < -0.3 is 15.4 Å². The maximum Gasteiger partial charge on any atom is 0.349 e. The summed E-state index contributed by atoms with van der Waals surface area (Å²) in [5.41, 5.74) is 0.767.